The van der Waals surface area contributed by atoms with E-state index in [1.807, 2.05) is 36.6 Å². The van der Waals surface area contributed by atoms with E-state index >= 15 is 0 Å². The Morgan fingerprint density at radius 3 is 2.65 bits per heavy atom. The first kappa shape index (κ1) is 23.1. The molecule has 0 radical (unpaired) electrons. The van der Waals surface area contributed by atoms with Crippen LogP contribution in [-0.2, 0) is 22.8 Å². The molecule has 1 N–H and O–H groups in total. The number of amides is 1. The highest BCUT2D eigenvalue weighted by molar-refractivity contribution is 7.99. The third-order valence-corrected chi connectivity index (χ3v) is 6.47. The van der Waals surface area contributed by atoms with Gasteiger partial charge in [0.2, 0.25) is 5.91 Å². The molecule has 0 atom stereocenters. The summed E-state index contributed by atoms with van der Waals surface area (Å²) in [5.74, 6) is 2.16. The normalized spacial score (nSPS) is 10.8. The zero-order valence-electron chi connectivity index (χ0n) is 17.6. The molecule has 3 rings (SSSR count). The average molecular weight is 457 g/mol. The SMILES string of the molecule is C=CCn1c(CSCc2ccc(F)cc2)nnc1SCC(=O)Nc1ccc(C)cc1C. The van der Waals surface area contributed by atoms with Gasteiger partial charge in [0.1, 0.15) is 11.6 Å². The predicted octanol–water partition coefficient (Wildman–Crippen LogP) is 5.38. The zero-order valence-corrected chi connectivity index (χ0v) is 19.2. The molecule has 0 saturated carbocycles. The molecule has 8 heteroatoms. The molecule has 0 fully saturated rings. The number of nitrogens with zero attached hydrogens (tertiary/aromatic N) is 3. The summed E-state index contributed by atoms with van der Waals surface area (Å²) in [6.07, 6.45) is 1.79. The molecule has 0 aliphatic rings. The van der Waals surface area contributed by atoms with E-state index in [1.165, 1.54) is 23.9 Å². The van der Waals surface area contributed by atoms with Gasteiger partial charge in [-0.25, -0.2) is 4.39 Å². The summed E-state index contributed by atoms with van der Waals surface area (Å²) < 4.78 is 15.0. The molecule has 0 saturated heterocycles. The lowest BCUT2D eigenvalue weighted by atomic mass is 10.1. The highest BCUT2D eigenvalue weighted by Crippen LogP contribution is 2.23. The van der Waals surface area contributed by atoms with Crippen LogP contribution in [0, 0.1) is 19.7 Å². The van der Waals surface area contributed by atoms with E-state index < -0.39 is 0 Å². The molecule has 1 amide bonds. The topological polar surface area (TPSA) is 59.8 Å². The van der Waals surface area contributed by atoms with Gasteiger partial charge < -0.3 is 9.88 Å². The van der Waals surface area contributed by atoms with E-state index in [4.69, 9.17) is 0 Å². The van der Waals surface area contributed by atoms with Crippen LogP contribution >= 0.6 is 23.5 Å². The number of thioether (sulfide) groups is 2. The summed E-state index contributed by atoms with van der Waals surface area (Å²) in [6.45, 7) is 8.39. The van der Waals surface area contributed by atoms with Gasteiger partial charge in [0.05, 0.1) is 11.5 Å². The number of halogens is 1. The number of allylic oxidation sites excluding steroid dienone is 1. The zero-order chi connectivity index (χ0) is 22.2. The van der Waals surface area contributed by atoms with Crippen molar-refractivity contribution in [3.8, 4) is 0 Å². The van der Waals surface area contributed by atoms with Crippen molar-refractivity contribution >= 4 is 35.1 Å². The van der Waals surface area contributed by atoms with E-state index in [1.54, 1.807) is 30.0 Å². The number of aromatic nitrogens is 3. The molecule has 0 aliphatic carbocycles. The van der Waals surface area contributed by atoms with Gasteiger partial charge in [-0.15, -0.1) is 28.5 Å². The van der Waals surface area contributed by atoms with Crippen molar-refractivity contribution in [2.75, 3.05) is 11.1 Å². The van der Waals surface area contributed by atoms with Crippen LogP contribution in [0.25, 0.3) is 0 Å². The fourth-order valence-electron chi connectivity index (χ4n) is 2.96. The number of aryl methyl sites for hydroxylation is 2. The van der Waals surface area contributed by atoms with E-state index in [0.717, 1.165) is 34.0 Å². The molecule has 31 heavy (non-hydrogen) atoms. The number of rotatable bonds is 10. The molecular weight excluding hydrogens is 431 g/mol. The number of nitrogens with one attached hydrogen (secondary N) is 1. The van der Waals surface area contributed by atoms with Gasteiger partial charge in [0, 0.05) is 18.0 Å². The quantitative estimate of drug-likeness (QED) is 0.328. The van der Waals surface area contributed by atoms with Crippen LogP contribution in [0.15, 0.2) is 60.3 Å². The smallest absolute Gasteiger partial charge is 0.234 e. The summed E-state index contributed by atoms with van der Waals surface area (Å²) in [5.41, 5.74) is 4.07. The second-order valence-corrected chi connectivity index (χ2v) is 9.00. The minimum atomic E-state index is -0.234. The Labute approximate surface area is 190 Å². The second kappa shape index (κ2) is 11.2. The number of anilines is 1. The Hall–Kier alpha value is -2.58. The monoisotopic (exact) mass is 456 g/mol. The molecule has 0 spiro atoms. The third kappa shape index (κ3) is 6.70. The van der Waals surface area contributed by atoms with Crippen molar-refractivity contribution < 1.29 is 9.18 Å². The fraction of sp³-hybridized carbons (Fsp3) is 0.261. The van der Waals surface area contributed by atoms with E-state index in [2.05, 4.69) is 22.1 Å². The minimum Gasteiger partial charge on any atom is -0.325 e. The molecule has 0 aliphatic heterocycles. The summed E-state index contributed by atoms with van der Waals surface area (Å²) in [7, 11) is 0. The van der Waals surface area contributed by atoms with E-state index in [0.29, 0.717) is 17.5 Å². The maximum atomic E-state index is 13.0. The van der Waals surface area contributed by atoms with Crippen LogP contribution < -0.4 is 5.32 Å². The summed E-state index contributed by atoms with van der Waals surface area (Å²) in [6, 6.07) is 12.4. The number of benzene rings is 2. The lowest BCUT2D eigenvalue weighted by Crippen LogP contribution is -2.15. The second-order valence-electron chi connectivity index (χ2n) is 7.07. The molecule has 1 heterocycles. The molecule has 162 valence electrons. The number of carbonyl (C=O) groups is 1. The van der Waals surface area contributed by atoms with Crippen LogP contribution in [-0.4, -0.2) is 26.4 Å². The van der Waals surface area contributed by atoms with E-state index in [9.17, 15) is 9.18 Å². The van der Waals surface area contributed by atoms with Crippen LogP contribution in [0.2, 0.25) is 0 Å². The molecule has 3 aromatic rings. The fourth-order valence-corrected chi connectivity index (χ4v) is 4.65. The van der Waals surface area contributed by atoms with Gasteiger partial charge in [-0.1, -0.05) is 47.7 Å². The molecule has 0 bridgehead atoms. The van der Waals surface area contributed by atoms with Crippen LogP contribution in [0.5, 0.6) is 0 Å². The standard InChI is InChI=1S/C23H25FN4OS2/c1-4-11-28-21(14-30-13-18-6-8-19(24)9-7-18)26-27-23(28)31-15-22(29)25-20-10-5-16(2)12-17(20)3/h4-10,12H,1,11,13-15H2,2-3H3,(H,25,29). The van der Waals surface area contributed by atoms with Gasteiger partial charge in [-0.2, -0.15) is 0 Å². The van der Waals surface area contributed by atoms with Crippen molar-refractivity contribution in [1.82, 2.24) is 14.8 Å². The Kier molecular flexibility index (Phi) is 8.31. The van der Waals surface area contributed by atoms with Crippen LogP contribution in [0.3, 0.4) is 0 Å². The molecule has 0 unspecified atom stereocenters. The lowest BCUT2D eigenvalue weighted by Gasteiger charge is -2.10. The Morgan fingerprint density at radius 1 is 1.16 bits per heavy atom. The average Bonchev–Trinajstić information content (AvgIpc) is 3.12. The molecule has 1 aromatic heterocycles. The Balaban J connectivity index is 1.56. The minimum absolute atomic E-state index is 0.0858. The van der Waals surface area contributed by atoms with Gasteiger partial charge in [-0.05, 0) is 43.2 Å². The molecule has 5 nitrogen and oxygen atoms in total. The summed E-state index contributed by atoms with van der Waals surface area (Å²) >= 11 is 3.03. The summed E-state index contributed by atoms with van der Waals surface area (Å²) in [4.78, 5) is 12.4. The maximum absolute atomic E-state index is 13.0. The van der Waals surface area contributed by atoms with Crippen molar-refractivity contribution in [1.29, 1.82) is 0 Å². The first-order chi connectivity index (χ1) is 15.0. The van der Waals surface area contributed by atoms with Crippen molar-refractivity contribution in [3.63, 3.8) is 0 Å². The van der Waals surface area contributed by atoms with Crippen LogP contribution in [0.4, 0.5) is 10.1 Å². The molecule has 2 aromatic carbocycles. The largest absolute Gasteiger partial charge is 0.325 e. The van der Waals surface area contributed by atoms with Crippen LogP contribution in [0.1, 0.15) is 22.5 Å². The summed E-state index contributed by atoms with van der Waals surface area (Å²) in [5, 5.41) is 12.2. The number of carbonyl (C=O) groups excluding carboxylic acids is 1. The van der Waals surface area contributed by atoms with Crippen molar-refractivity contribution in [2.24, 2.45) is 0 Å². The van der Waals surface area contributed by atoms with Gasteiger partial charge in [-0.3, -0.25) is 4.79 Å². The highest BCUT2D eigenvalue weighted by Gasteiger charge is 2.14. The molecular formula is C23H25FN4OS2. The Morgan fingerprint density at radius 2 is 1.94 bits per heavy atom. The van der Waals surface area contributed by atoms with Gasteiger partial charge in [0.25, 0.3) is 0 Å². The first-order valence-corrected chi connectivity index (χ1v) is 12.0. The third-order valence-electron chi connectivity index (χ3n) is 4.51. The maximum Gasteiger partial charge on any atom is 0.234 e. The first-order valence-electron chi connectivity index (χ1n) is 9.81. The van der Waals surface area contributed by atoms with Crippen molar-refractivity contribution in [3.05, 3.63) is 83.5 Å². The van der Waals surface area contributed by atoms with Gasteiger partial charge >= 0.3 is 0 Å². The van der Waals surface area contributed by atoms with E-state index in [-0.39, 0.29) is 17.5 Å². The van der Waals surface area contributed by atoms with Crippen molar-refractivity contribution in [2.45, 2.75) is 37.1 Å². The number of hydrogen-bond donors (Lipinski definition) is 1. The number of hydrogen-bond acceptors (Lipinski definition) is 5. The van der Waals surface area contributed by atoms with Gasteiger partial charge in [0.15, 0.2) is 5.16 Å². The Bertz CT molecular complexity index is 1050. The lowest BCUT2D eigenvalue weighted by molar-refractivity contribution is -0.113. The highest BCUT2D eigenvalue weighted by atomic mass is 32.2. The predicted molar refractivity (Wildman–Crippen MR) is 127 cm³/mol.